The molecule has 2 aromatic carbocycles. The lowest BCUT2D eigenvalue weighted by Crippen LogP contribution is -2.40. The van der Waals surface area contributed by atoms with Gasteiger partial charge in [-0.3, -0.25) is 9.36 Å². The molecule has 3 aromatic rings. The number of aromatic nitrogens is 1. The third-order valence-electron chi connectivity index (χ3n) is 5.89. The van der Waals surface area contributed by atoms with Crippen molar-refractivity contribution in [3.05, 3.63) is 96.2 Å². The van der Waals surface area contributed by atoms with Crippen LogP contribution in [0.2, 0.25) is 0 Å². The number of thiazole rings is 1. The maximum absolute atomic E-state index is 13.8. The van der Waals surface area contributed by atoms with Gasteiger partial charge in [0, 0.05) is 12.7 Å². The topological polar surface area (TPSA) is 116 Å². The third kappa shape index (κ3) is 5.61. The second kappa shape index (κ2) is 12.0. The number of methoxy groups -OCH3 is 1. The highest BCUT2D eigenvalue weighted by Gasteiger charge is 2.35. The second-order valence-electron chi connectivity index (χ2n) is 8.52. The minimum atomic E-state index is -1.03. The van der Waals surface area contributed by atoms with Crippen LogP contribution in [0.1, 0.15) is 47.8 Å². The number of fused-ring (bicyclic) bond motifs is 1. The summed E-state index contributed by atoms with van der Waals surface area (Å²) >= 11 is 1.19. The lowest BCUT2D eigenvalue weighted by atomic mass is 9.95. The summed E-state index contributed by atoms with van der Waals surface area (Å²) in [6.07, 6.45) is 2.47. The number of carboxylic acids is 1. The van der Waals surface area contributed by atoms with Gasteiger partial charge in [0.05, 0.1) is 34.6 Å². The minimum absolute atomic E-state index is 0.0591. The maximum Gasteiger partial charge on any atom is 0.338 e. The molecule has 2 heterocycles. The number of esters is 1. The number of carboxylic acid groups (broad SMARTS) is 1. The molecule has 0 amide bonds. The molecule has 198 valence electrons. The van der Waals surface area contributed by atoms with Crippen LogP contribution in [-0.2, 0) is 14.3 Å². The number of allylic oxidation sites excluding steroid dienone is 1. The van der Waals surface area contributed by atoms with Crippen LogP contribution >= 0.6 is 11.3 Å². The smallest absolute Gasteiger partial charge is 0.338 e. The number of carbonyl (C=O) groups excluding carboxylic acids is 1. The molecule has 0 unspecified atom stereocenters. The zero-order valence-corrected chi connectivity index (χ0v) is 22.1. The Kier molecular flexibility index (Phi) is 8.55. The molecule has 1 N–H and O–H groups in total. The van der Waals surface area contributed by atoms with E-state index >= 15 is 0 Å². The Hall–Kier alpha value is -4.02. The predicted molar refractivity (Wildman–Crippen MR) is 142 cm³/mol. The van der Waals surface area contributed by atoms with Crippen LogP contribution in [0.3, 0.4) is 0 Å². The molecular weight excluding hydrogens is 508 g/mol. The average Bonchev–Trinajstić information content (AvgIpc) is 3.21. The van der Waals surface area contributed by atoms with Gasteiger partial charge in [-0.2, -0.15) is 0 Å². The molecule has 9 nitrogen and oxygen atoms in total. The quantitative estimate of drug-likeness (QED) is 0.313. The van der Waals surface area contributed by atoms with Crippen molar-refractivity contribution in [1.82, 2.24) is 4.57 Å². The van der Waals surface area contributed by atoms with Gasteiger partial charge in [-0.25, -0.2) is 14.6 Å². The third-order valence-corrected chi connectivity index (χ3v) is 6.88. The van der Waals surface area contributed by atoms with E-state index in [4.69, 9.17) is 19.3 Å². The van der Waals surface area contributed by atoms with Gasteiger partial charge in [0.15, 0.2) is 4.80 Å². The van der Waals surface area contributed by atoms with Crippen molar-refractivity contribution in [2.75, 3.05) is 26.9 Å². The highest BCUT2D eigenvalue weighted by molar-refractivity contribution is 7.07. The van der Waals surface area contributed by atoms with Crippen LogP contribution in [0.25, 0.3) is 6.08 Å². The van der Waals surface area contributed by atoms with E-state index in [1.807, 2.05) is 31.2 Å². The average molecular weight is 537 g/mol. The van der Waals surface area contributed by atoms with Crippen molar-refractivity contribution in [2.24, 2.45) is 4.99 Å². The number of nitrogens with zero attached hydrogens (tertiary/aromatic N) is 2. The fourth-order valence-electron chi connectivity index (χ4n) is 4.10. The molecule has 0 radical (unpaired) electrons. The lowest BCUT2D eigenvalue weighted by Gasteiger charge is -2.26. The lowest BCUT2D eigenvalue weighted by molar-refractivity contribution is -0.140. The zero-order chi connectivity index (χ0) is 27.2. The van der Waals surface area contributed by atoms with Crippen LogP contribution in [0.5, 0.6) is 5.75 Å². The van der Waals surface area contributed by atoms with Gasteiger partial charge < -0.3 is 19.3 Å². The van der Waals surface area contributed by atoms with E-state index in [1.165, 1.54) is 35.1 Å². The number of ether oxygens (including phenoxy) is 3. The molecule has 4 rings (SSSR count). The number of carbonyl (C=O) groups is 2. The summed E-state index contributed by atoms with van der Waals surface area (Å²) in [5.41, 5.74) is 1.83. The maximum atomic E-state index is 13.8. The number of hydrogen-bond acceptors (Lipinski definition) is 8. The van der Waals surface area contributed by atoms with Gasteiger partial charge in [-0.1, -0.05) is 48.6 Å². The molecule has 0 aliphatic carbocycles. The predicted octanol–water partition coefficient (Wildman–Crippen LogP) is 2.91. The van der Waals surface area contributed by atoms with Crippen LogP contribution in [0.4, 0.5) is 0 Å². The fourth-order valence-corrected chi connectivity index (χ4v) is 5.14. The normalized spacial score (nSPS) is 15.1. The standard InChI is InChI=1S/C28H28N2O7S/c1-4-13-36-21-8-6-5-7-20(21)24-23(27(34)37-15-14-35-3)17(2)29-28-30(24)25(31)22(38-28)16-18-9-11-19(12-10-18)26(32)33/h5-12,16,24H,4,13-15H2,1-3H3,(H,32,33)/b22-16+/t24-/m1/s1. The van der Waals surface area contributed by atoms with Gasteiger partial charge in [0.25, 0.3) is 5.56 Å². The summed E-state index contributed by atoms with van der Waals surface area (Å²) in [5, 5.41) is 9.16. The Morgan fingerprint density at radius 3 is 2.53 bits per heavy atom. The van der Waals surface area contributed by atoms with Crippen molar-refractivity contribution in [3.63, 3.8) is 0 Å². The summed E-state index contributed by atoms with van der Waals surface area (Å²) in [4.78, 5) is 43.3. The molecule has 0 saturated heterocycles. The number of rotatable bonds is 10. The SMILES string of the molecule is CCCOc1ccccc1[C@@H]1C(C(=O)OCCOC)=C(C)N=c2s/c(=C/c3ccc(C(=O)O)cc3)c(=O)n21. The van der Waals surface area contributed by atoms with Crippen molar-refractivity contribution < 1.29 is 28.9 Å². The monoisotopic (exact) mass is 536 g/mol. The number of para-hydroxylation sites is 1. The molecule has 38 heavy (non-hydrogen) atoms. The van der Waals surface area contributed by atoms with Gasteiger partial charge in [-0.05, 0) is 43.2 Å². The molecular formula is C28H28N2O7S. The first kappa shape index (κ1) is 27.0. The van der Waals surface area contributed by atoms with E-state index < -0.39 is 18.0 Å². The van der Waals surface area contributed by atoms with Crippen LogP contribution < -0.4 is 19.6 Å². The van der Waals surface area contributed by atoms with Gasteiger partial charge in [-0.15, -0.1) is 0 Å². The Labute approximate surface area is 222 Å². The van der Waals surface area contributed by atoms with Crippen LogP contribution in [-0.4, -0.2) is 48.5 Å². The van der Waals surface area contributed by atoms with Crippen molar-refractivity contribution in [3.8, 4) is 5.75 Å². The summed E-state index contributed by atoms with van der Waals surface area (Å²) in [5.74, 6) is -1.05. The van der Waals surface area contributed by atoms with E-state index in [2.05, 4.69) is 4.99 Å². The molecule has 1 aliphatic rings. The molecule has 0 fully saturated rings. The molecule has 1 aliphatic heterocycles. The Balaban J connectivity index is 1.88. The molecule has 1 atom stereocenters. The van der Waals surface area contributed by atoms with E-state index in [0.717, 1.165) is 6.42 Å². The van der Waals surface area contributed by atoms with E-state index in [-0.39, 0.29) is 29.9 Å². The number of aromatic carboxylic acids is 1. The van der Waals surface area contributed by atoms with Crippen LogP contribution in [0.15, 0.2) is 69.6 Å². The summed E-state index contributed by atoms with van der Waals surface area (Å²) < 4.78 is 18.4. The van der Waals surface area contributed by atoms with Crippen molar-refractivity contribution in [2.45, 2.75) is 26.3 Å². The highest BCUT2D eigenvalue weighted by atomic mass is 32.1. The zero-order valence-electron chi connectivity index (χ0n) is 21.3. The van der Waals surface area contributed by atoms with Crippen LogP contribution in [0, 0.1) is 0 Å². The number of hydrogen-bond donors (Lipinski definition) is 1. The second-order valence-corrected chi connectivity index (χ2v) is 9.53. The Bertz CT molecular complexity index is 1550. The van der Waals surface area contributed by atoms with Gasteiger partial charge >= 0.3 is 11.9 Å². The first-order valence-corrected chi connectivity index (χ1v) is 12.9. The van der Waals surface area contributed by atoms with E-state index in [9.17, 15) is 14.4 Å². The molecule has 1 aromatic heterocycles. The minimum Gasteiger partial charge on any atom is -0.493 e. The summed E-state index contributed by atoms with van der Waals surface area (Å²) in [6, 6.07) is 12.7. The van der Waals surface area contributed by atoms with E-state index in [1.54, 1.807) is 25.1 Å². The Morgan fingerprint density at radius 1 is 1.11 bits per heavy atom. The largest absolute Gasteiger partial charge is 0.493 e. The molecule has 0 spiro atoms. The summed E-state index contributed by atoms with van der Waals surface area (Å²) in [7, 11) is 1.52. The fraction of sp³-hybridized carbons (Fsp3) is 0.286. The van der Waals surface area contributed by atoms with Gasteiger partial charge in [0.2, 0.25) is 0 Å². The van der Waals surface area contributed by atoms with Crippen molar-refractivity contribution >= 4 is 29.4 Å². The molecule has 0 bridgehead atoms. The van der Waals surface area contributed by atoms with E-state index in [0.29, 0.717) is 38.5 Å². The van der Waals surface area contributed by atoms with Crippen molar-refractivity contribution in [1.29, 1.82) is 0 Å². The van der Waals surface area contributed by atoms with Gasteiger partial charge in [0.1, 0.15) is 18.4 Å². The first-order chi connectivity index (χ1) is 18.3. The molecule has 0 saturated carbocycles. The molecule has 10 heteroatoms. The number of benzene rings is 2. The Morgan fingerprint density at radius 2 is 1.84 bits per heavy atom. The highest BCUT2D eigenvalue weighted by Crippen LogP contribution is 2.35. The first-order valence-electron chi connectivity index (χ1n) is 12.1. The summed E-state index contributed by atoms with van der Waals surface area (Å²) in [6.45, 7) is 4.48.